The van der Waals surface area contributed by atoms with Crippen molar-refractivity contribution in [3.05, 3.63) is 77.9 Å². The first-order chi connectivity index (χ1) is 12.2. The zero-order valence-electron chi connectivity index (χ0n) is 14.5. The molecular weight excluding hydrogens is 328 g/mol. The van der Waals surface area contributed by atoms with Crippen LogP contribution < -0.4 is 10.1 Å². The maximum Gasteiger partial charge on any atom is 0.169 e. The second kappa shape index (κ2) is 7.99. The predicted molar refractivity (Wildman–Crippen MR) is 108 cm³/mol. The number of thiocarbonyl (C=S) groups is 1. The van der Waals surface area contributed by atoms with E-state index in [1.807, 2.05) is 31.3 Å². The smallest absolute Gasteiger partial charge is 0.169 e. The van der Waals surface area contributed by atoms with Gasteiger partial charge in [-0.05, 0) is 52.3 Å². The van der Waals surface area contributed by atoms with Crippen LogP contribution in [-0.2, 0) is 13.1 Å². The van der Waals surface area contributed by atoms with Crippen molar-refractivity contribution in [2.75, 3.05) is 14.2 Å². The number of ether oxygens (including phenoxy) is 1. The van der Waals surface area contributed by atoms with E-state index in [4.69, 9.17) is 17.0 Å². The van der Waals surface area contributed by atoms with E-state index < -0.39 is 0 Å². The first-order valence-corrected chi connectivity index (χ1v) is 8.66. The van der Waals surface area contributed by atoms with Crippen LogP contribution in [0.4, 0.5) is 0 Å². The lowest BCUT2D eigenvalue weighted by Crippen LogP contribution is -2.36. The number of hydrogen-bond donors (Lipinski definition) is 1. The Morgan fingerprint density at radius 2 is 1.68 bits per heavy atom. The molecule has 128 valence electrons. The Hall–Kier alpha value is -2.59. The van der Waals surface area contributed by atoms with Crippen LogP contribution in [0.5, 0.6) is 5.75 Å². The number of nitrogens with zero attached hydrogens (tertiary/aromatic N) is 1. The molecule has 25 heavy (non-hydrogen) atoms. The van der Waals surface area contributed by atoms with Gasteiger partial charge in [0.05, 0.1) is 7.11 Å². The van der Waals surface area contributed by atoms with E-state index in [2.05, 4.69) is 52.7 Å². The molecule has 0 amide bonds. The molecule has 0 heterocycles. The van der Waals surface area contributed by atoms with Gasteiger partial charge in [-0.2, -0.15) is 0 Å². The Kier molecular flexibility index (Phi) is 5.51. The molecule has 0 saturated carbocycles. The zero-order chi connectivity index (χ0) is 17.6. The Balaban J connectivity index is 1.62. The number of benzene rings is 3. The molecule has 0 aliphatic heterocycles. The lowest BCUT2D eigenvalue weighted by atomic mass is 10.1. The molecule has 3 nitrogen and oxygen atoms in total. The molecule has 0 radical (unpaired) electrons. The van der Waals surface area contributed by atoms with E-state index in [1.54, 1.807) is 7.11 Å². The van der Waals surface area contributed by atoms with Gasteiger partial charge in [0.15, 0.2) is 5.11 Å². The Bertz CT molecular complexity index is 864. The van der Waals surface area contributed by atoms with E-state index in [9.17, 15) is 0 Å². The van der Waals surface area contributed by atoms with Crippen LogP contribution in [0.15, 0.2) is 66.7 Å². The molecule has 3 aromatic carbocycles. The lowest BCUT2D eigenvalue weighted by Gasteiger charge is -2.21. The SMILES string of the molecule is COc1ccc2cc(CN(C)C(=S)NCc3ccccc3)ccc2c1. The molecular formula is C21H22N2OS. The van der Waals surface area contributed by atoms with Crippen LogP contribution in [0.25, 0.3) is 10.8 Å². The number of nitrogens with one attached hydrogen (secondary N) is 1. The van der Waals surface area contributed by atoms with Gasteiger partial charge in [0, 0.05) is 20.1 Å². The quantitative estimate of drug-likeness (QED) is 0.691. The molecule has 0 unspecified atom stereocenters. The molecule has 0 aromatic heterocycles. The van der Waals surface area contributed by atoms with E-state index in [0.29, 0.717) is 0 Å². The molecule has 0 aliphatic carbocycles. The number of hydrogen-bond acceptors (Lipinski definition) is 2. The number of methoxy groups -OCH3 is 1. The average molecular weight is 350 g/mol. The molecule has 0 spiro atoms. The van der Waals surface area contributed by atoms with Gasteiger partial charge in [0.25, 0.3) is 0 Å². The third-order valence-electron chi connectivity index (χ3n) is 4.16. The van der Waals surface area contributed by atoms with E-state index in [1.165, 1.54) is 21.9 Å². The topological polar surface area (TPSA) is 24.5 Å². The van der Waals surface area contributed by atoms with Gasteiger partial charge in [0.1, 0.15) is 5.75 Å². The summed E-state index contributed by atoms with van der Waals surface area (Å²) >= 11 is 5.50. The number of rotatable bonds is 5. The van der Waals surface area contributed by atoms with Crippen molar-refractivity contribution in [1.82, 2.24) is 10.2 Å². The first-order valence-electron chi connectivity index (χ1n) is 8.25. The monoisotopic (exact) mass is 350 g/mol. The van der Waals surface area contributed by atoms with Gasteiger partial charge in [-0.15, -0.1) is 0 Å². The second-order valence-electron chi connectivity index (χ2n) is 6.05. The largest absolute Gasteiger partial charge is 0.497 e. The third kappa shape index (κ3) is 4.48. The van der Waals surface area contributed by atoms with Crippen LogP contribution in [-0.4, -0.2) is 24.2 Å². The van der Waals surface area contributed by atoms with Crippen molar-refractivity contribution in [2.45, 2.75) is 13.1 Å². The predicted octanol–water partition coefficient (Wildman–Crippen LogP) is 4.35. The molecule has 0 saturated heterocycles. The van der Waals surface area contributed by atoms with Gasteiger partial charge in [-0.25, -0.2) is 0 Å². The molecule has 0 atom stereocenters. The van der Waals surface area contributed by atoms with Gasteiger partial charge in [-0.3, -0.25) is 0 Å². The Morgan fingerprint density at radius 3 is 2.44 bits per heavy atom. The molecule has 3 rings (SSSR count). The van der Waals surface area contributed by atoms with Gasteiger partial charge < -0.3 is 15.0 Å². The Morgan fingerprint density at radius 1 is 0.960 bits per heavy atom. The highest BCUT2D eigenvalue weighted by molar-refractivity contribution is 7.80. The molecule has 1 N–H and O–H groups in total. The Labute approximate surface area is 154 Å². The zero-order valence-corrected chi connectivity index (χ0v) is 15.3. The summed E-state index contributed by atoms with van der Waals surface area (Å²) in [7, 11) is 3.70. The third-order valence-corrected chi connectivity index (χ3v) is 4.62. The molecule has 0 fully saturated rings. The molecule has 4 heteroatoms. The summed E-state index contributed by atoms with van der Waals surface area (Å²) in [6.07, 6.45) is 0. The second-order valence-corrected chi connectivity index (χ2v) is 6.43. The molecule has 0 aliphatic rings. The van der Waals surface area contributed by atoms with E-state index in [-0.39, 0.29) is 0 Å². The summed E-state index contributed by atoms with van der Waals surface area (Å²) in [6.45, 7) is 1.50. The summed E-state index contributed by atoms with van der Waals surface area (Å²) in [6, 6.07) is 22.9. The first kappa shape index (κ1) is 17.2. The highest BCUT2D eigenvalue weighted by Crippen LogP contribution is 2.22. The maximum atomic E-state index is 5.50. The summed E-state index contributed by atoms with van der Waals surface area (Å²) in [4.78, 5) is 2.06. The van der Waals surface area contributed by atoms with Crippen LogP contribution in [0.1, 0.15) is 11.1 Å². The van der Waals surface area contributed by atoms with Crippen molar-refractivity contribution in [3.63, 3.8) is 0 Å². The van der Waals surface area contributed by atoms with Crippen LogP contribution in [0.2, 0.25) is 0 Å². The van der Waals surface area contributed by atoms with Crippen LogP contribution >= 0.6 is 12.2 Å². The van der Waals surface area contributed by atoms with Crippen molar-refractivity contribution in [1.29, 1.82) is 0 Å². The molecule has 3 aromatic rings. The average Bonchev–Trinajstić information content (AvgIpc) is 2.66. The summed E-state index contributed by atoms with van der Waals surface area (Å²) in [5.74, 6) is 0.878. The standard InChI is InChI=1S/C21H22N2OS/c1-23(21(25)22-14-16-6-4-3-5-7-16)15-17-8-9-19-13-20(24-2)11-10-18(19)12-17/h3-13H,14-15H2,1-2H3,(H,22,25). The highest BCUT2D eigenvalue weighted by Gasteiger charge is 2.06. The minimum absolute atomic E-state index is 0.738. The number of fused-ring (bicyclic) bond motifs is 1. The fourth-order valence-corrected chi connectivity index (χ4v) is 2.89. The normalized spacial score (nSPS) is 10.5. The van der Waals surface area contributed by atoms with Crippen LogP contribution in [0.3, 0.4) is 0 Å². The van der Waals surface area contributed by atoms with Gasteiger partial charge in [0.2, 0.25) is 0 Å². The van der Waals surface area contributed by atoms with Crippen LogP contribution in [0, 0.1) is 0 Å². The fraction of sp³-hybridized carbons (Fsp3) is 0.190. The maximum absolute atomic E-state index is 5.50. The van der Waals surface area contributed by atoms with Gasteiger partial charge >= 0.3 is 0 Å². The van der Waals surface area contributed by atoms with Crippen molar-refractivity contribution < 1.29 is 4.74 Å². The minimum atomic E-state index is 0.738. The lowest BCUT2D eigenvalue weighted by molar-refractivity contribution is 0.415. The van der Waals surface area contributed by atoms with Crippen molar-refractivity contribution in [3.8, 4) is 5.75 Å². The fourth-order valence-electron chi connectivity index (χ4n) is 2.75. The minimum Gasteiger partial charge on any atom is -0.497 e. The van der Waals surface area contributed by atoms with Gasteiger partial charge in [-0.1, -0.05) is 48.5 Å². The van der Waals surface area contributed by atoms with Crippen molar-refractivity contribution in [2.24, 2.45) is 0 Å². The van der Waals surface area contributed by atoms with E-state index in [0.717, 1.165) is 24.0 Å². The molecule has 0 bridgehead atoms. The summed E-state index contributed by atoms with van der Waals surface area (Å²) < 4.78 is 5.28. The highest BCUT2D eigenvalue weighted by atomic mass is 32.1. The van der Waals surface area contributed by atoms with Crippen molar-refractivity contribution >= 4 is 28.1 Å². The summed E-state index contributed by atoms with van der Waals surface area (Å²) in [5, 5.41) is 6.44. The summed E-state index contributed by atoms with van der Waals surface area (Å²) in [5.41, 5.74) is 2.45. The van der Waals surface area contributed by atoms with E-state index >= 15 is 0 Å².